The molecule has 0 saturated carbocycles. The number of nitrogens with zero attached hydrogens (tertiary/aromatic N) is 9. The number of aromatic nitrogens is 5. The molecule has 75 heavy (non-hydrogen) atoms. The maximum Gasteiger partial charge on any atom is 0.329 e. The molecule has 8 aromatic rings. The fraction of sp³-hybridized carbons (Fsp3) is 0.220. The van der Waals surface area contributed by atoms with Crippen LogP contribution in [0.15, 0.2) is 176 Å². The third-order valence-corrected chi connectivity index (χ3v) is 15.1. The Morgan fingerprint density at radius 2 is 1.43 bits per heavy atom. The smallest absolute Gasteiger partial charge is 0.329 e. The number of carbonyl (C=O) groups excluding carboxylic acids is 4. The Hall–Kier alpha value is -9.20. The number of cyclic esters (lactones) is 1. The van der Waals surface area contributed by atoms with Gasteiger partial charge in [0.15, 0.2) is 0 Å². The Morgan fingerprint density at radius 1 is 0.760 bits per heavy atom. The molecule has 7 atom stereocenters. The van der Waals surface area contributed by atoms with E-state index in [4.69, 9.17) is 4.74 Å². The number of imide groups is 1. The summed E-state index contributed by atoms with van der Waals surface area (Å²) in [5.74, 6) is 3.70. The van der Waals surface area contributed by atoms with Gasteiger partial charge in [-0.05, 0) is 83.3 Å². The minimum atomic E-state index is -2.02. The van der Waals surface area contributed by atoms with Gasteiger partial charge in [0.25, 0.3) is 0 Å². The van der Waals surface area contributed by atoms with Gasteiger partial charge in [0, 0.05) is 44.1 Å². The molecule has 0 bridgehead atoms. The third kappa shape index (κ3) is 8.08. The predicted molar refractivity (Wildman–Crippen MR) is 279 cm³/mol. The number of rotatable bonds is 8. The summed E-state index contributed by atoms with van der Waals surface area (Å²) in [7, 11) is 0. The van der Waals surface area contributed by atoms with Gasteiger partial charge in [-0.3, -0.25) is 19.3 Å². The lowest BCUT2D eigenvalue weighted by Crippen LogP contribution is -2.59. The average molecular weight is 995 g/mol. The minimum Gasteiger partial charge on any atom is -0.508 e. The van der Waals surface area contributed by atoms with Crippen LogP contribution >= 0.6 is 0 Å². The number of carbonyl (C=O) groups is 4. The number of anilines is 2. The summed E-state index contributed by atoms with van der Waals surface area (Å²) in [5, 5.41) is 22.6. The first kappa shape index (κ1) is 46.8. The number of esters is 1. The molecule has 0 aliphatic carbocycles. The first-order chi connectivity index (χ1) is 36.7. The number of urea groups is 1. The van der Waals surface area contributed by atoms with Crippen molar-refractivity contribution in [3.8, 4) is 17.6 Å². The number of ether oxygens (including phenoxy) is 1. The van der Waals surface area contributed by atoms with Gasteiger partial charge in [-0.2, -0.15) is 0 Å². The normalized spacial score (nSPS) is 22.5. The highest BCUT2D eigenvalue weighted by Gasteiger charge is 2.76. The van der Waals surface area contributed by atoms with Crippen LogP contribution in [0.3, 0.4) is 0 Å². The van der Waals surface area contributed by atoms with Crippen molar-refractivity contribution in [2.24, 2.45) is 5.92 Å². The zero-order valence-corrected chi connectivity index (χ0v) is 40.8. The van der Waals surface area contributed by atoms with Crippen LogP contribution in [-0.2, 0) is 31.1 Å². The van der Waals surface area contributed by atoms with Crippen molar-refractivity contribution in [1.82, 2.24) is 40.1 Å². The van der Waals surface area contributed by atoms with Crippen molar-refractivity contribution in [3.63, 3.8) is 0 Å². The molecule has 6 aromatic carbocycles. The van der Waals surface area contributed by atoms with E-state index in [0.717, 1.165) is 27.1 Å². The Kier molecular flexibility index (Phi) is 12.1. The van der Waals surface area contributed by atoms with Crippen LogP contribution in [0.25, 0.3) is 11.0 Å². The van der Waals surface area contributed by atoms with Crippen molar-refractivity contribution >= 4 is 46.5 Å². The number of nitrogens with one attached hydrogen (secondary N) is 1. The van der Waals surface area contributed by atoms with Crippen LogP contribution in [0.2, 0.25) is 0 Å². The first-order valence-corrected chi connectivity index (χ1v) is 25.0. The van der Waals surface area contributed by atoms with Crippen molar-refractivity contribution in [3.05, 3.63) is 210 Å². The summed E-state index contributed by atoms with van der Waals surface area (Å²) in [6.07, 6.45) is 2.42. The number of amides is 4. The Balaban J connectivity index is 1.08. The van der Waals surface area contributed by atoms with Gasteiger partial charge in [-0.1, -0.05) is 132 Å². The number of benzene rings is 6. The minimum absolute atomic E-state index is 0.0261. The molecule has 12 rings (SSSR count). The molecule has 2 aromatic heterocycles. The zero-order valence-electron chi connectivity index (χ0n) is 40.8. The second-order valence-corrected chi connectivity index (χ2v) is 19.2. The second-order valence-electron chi connectivity index (χ2n) is 19.2. The number of piperazine rings is 1. The highest BCUT2D eigenvalue weighted by molar-refractivity contribution is 6.24. The highest BCUT2D eigenvalue weighted by Crippen LogP contribution is 2.66. The maximum atomic E-state index is 16.9. The van der Waals surface area contributed by atoms with Crippen LogP contribution in [0, 0.1) is 17.8 Å². The number of para-hydroxylation sites is 1. The lowest BCUT2D eigenvalue weighted by atomic mass is 9.64. The van der Waals surface area contributed by atoms with Gasteiger partial charge in [-0.25, -0.2) is 24.3 Å². The van der Waals surface area contributed by atoms with Gasteiger partial charge in [-0.15, -0.1) is 5.10 Å². The number of aromatic hydroxyl groups is 1. The predicted octanol–water partition coefficient (Wildman–Crippen LogP) is 7.46. The molecule has 0 unspecified atom stereocenters. The number of hydrogen-bond acceptors (Lipinski definition) is 12. The largest absolute Gasteiger partial charge is 0.508 e. The van der Waals surface area contributed by atoms with Crippen LogP contribution in [0.1, 0.15) is 64.5 Å². The fourth-order valence-electron chi connectivity index (χ4n) is 11.7. The molecule has 4 amide bonds. The van der Waals surface area contributed by atoms with Crippen molar-refractivity contribution in [2.45, 2.75) is 49.2 Å². The van der Waals surface area contributed by atoms with Crippen molar-refractivity contribution in [1.29, 1.82) is 0 Å². The van der Waals surface area contributed by atoms with E-state index in [2.05, 4.69) is 37.4 Å². The summed E-state index contributed by atoms with van der Waals surface area (Å²) in [6.45, 7) is 3.20. The Labute approximate surface area is 432 Å². The number of phenols is 1. The fourth-order valence-corrected chi connectivity index (χ4v) is 11.7. The first-order valence-electron chi connectivity index (χ1n) is 25.0. The van der Waals surface area contributed by atoms with E-state index in [9.17, 15) is 5.11 Å². The Morgan fingerprint density at radius 3 is 2.15 bits per heavy atom. The van der Waals surface area contributed by atoms with Gasteiger partial charge >= 0.3 is 12.0 Å². The molecular formula is C59H50N10O6. The molecule has 0 radical (unpaired) electrons. The molecule has 4 aliphatic rings. The van der Waals surface area contributed by atoms with Crippen LogP contribution in [-0.4, -0.2) is 95.9 Å². The molecule has 6 heterocycles. The van der Waals surface area contributed by atoms with E-state index in [-0.39, 0.29) is 31.1 Å². The summed E-state index contributed by atoms with van der Waals surface area (Å²) >= 11 is 0. The van der Waals surface area contributed by atoms with E-state index in [0.29, 0.717) is 41.3 Å². The summed E-state index contributed by atoms with van der Waals surface area (Å²) in [4.78, 5) is 80.0. The van der Waals surface area contributed by atoms with Gasteiger partial charge in [0.2, 0.25) is 17.8 Å². The quantitative estimate of drug-likeness (QED) is 0.114. The molecule has 372 valence electrons. The molecule has 2 N–H and O–H groups in total. The lowest BCUT2D eigenvalue weighted by molar-refractivity contribution is -0.179. The maximum absolute atomic E-state index is 16.9. The number of hydrogen-bond donors (Lipinski definition) is 2. The summed E-state index contributed by atoms with van der Waals surface area (Å²) in [5.41, 5.74) is 3.40. The summed E-state index contributed by atoms with van der Waals surface area (Å²) < 4.78 is 8.39. The summed E-state index contributed by atoms with van der Waals surface area (Å²) in [6, 6.07) is 45.1. The zero-order chi connectivity index (χ0) is 51.2. The standard InChI is InChI=1S/C59H50N10O6/c1-38(40-16-5-2-6-17-40)62-58(74)68-47-29-24-39(15-13-32-67-48-23-12-11-22-46(48)63-64-67)37-45(47)59(56(68)73)49(54(71)65-33-35-66(36-34-65)57-60-30-14-31-61-57)51-55(72)75-52(42-20-9-4-10-21-42)50(41-18-7-3-8-19-41)69(51)53(59)43-25-27-44(70)28-26-43/h2-12,14,16-31,37-38,49-53,70H,32-36H2,1H3,(H,62,74)/t38-,49+,50+,51+,52-,53-,59+/m1/s1. The van der Waals surface area contributed by atoms with E-state index >= 15 is 19.2 Å². The van der Waals surface area contributed by atoms with Crippen LogP contribution < -0.4 is 15.1 Å². The lowest BCUT2D eigenvalue weighted by Gasteiger charge is -2.46. The van der Waals surface area contributed by atoms with Gasteiger partial charge in [0.1, 0.15) is 35.4 Å². The monoisotopic (exact) mass is 994 g/mol. The van der Waals surface area contributed by atoms with E-state index in [1.807, 2.05) is 132 Å². The average Bonchev–Trinajstić information content (AvgIpc) is 4.27. The van der Waals surface area contributed by atoms with Gasteiger partial charge in [0.05, 0.1) is 35.2 Å². The number of morpholine rings is 1. The number of fused-ring (bicyclic) bond motifs is 4. The van der Waals surface area contributed by atoms with E-state index in [1.54, 1.807) is 58.4 Å². The second kappa shape index (κ2) is 19.3. The SMILES string of the molecule is C[C@@H](NC(=O)N1C(=O)[C@@]2(c3cc(C#CCn4nnc5ccccc54)ccc31)[C@H](C(=O)N1CCN(c3ncccn3)CC1)[C@H]1C(=O)O[C@H](c3ccccc3)[C@H](c3ccccc3)N1[C@@H]2c1ccc(O)cc1)c1ccccc1. The van der Waals surface area contributed by atoms with Crippen molar-refractivity contribution < 1.29 is 29.0 Å². The molecule has 3 fully saturated rings. The molecule has 3 saturated heterocycles. The third-order valence-electron chi connectivity index (χ3n) is 15.1. The van der Waals surface area contributed by atoms with Crippen LogP contribution in [0.4, 0.5) is 16.4 Å². The van der Waals surface area contributed by atoms with E-state index < -0.39 is 65.4 Å². The van der Waals surface area contributed by atoms with Gasteiger partial charge < -0.3 is 25.0 Å². The molecule has 16 nitrogen and oxygen atoms in total. The topological polar surface area (TPSA) is 179 Å². The Bertz CT molecular complexity index is 3510. The molecule has 16 heteroatoms. The molecule has 1 spiro atoms. The van der Waals surface area contributed by atoms with Crippen molar-refractivity contribution in [2.75, 3.05) is 36.0 Å². The van der Waals surface area contributed by atoms with Crippen LogP contribution in [0.5, 0.6) is 5.75 Å². The molecule has 4 aliphatic heterocycles. The highest BCUT2D eigenvalue weighted by atomic mass is 16.6. The van der Waals surface area contributed by atoms with E-state index in [1.165, 1.54) is 12.1 Å². The molecular weight excluding hydrogens is 945 g/mol. The number of phenolic OH excluding ortho intramolecular Hbond substituents is 1.